The van der Waals surface area contributed by atoms with Crippen LogP contribution in [0.5, 0.6) is 0 Å². The van der Waals surface area contributed by atoms with Crippen molar-refractivity contribution in [1.29, 1.82) is 0 Å². The molecule has 0 radical (unpaired) electrons. The summed E-state index contributed by atoms with van der Waals surface area (Å²) in [6.45, 7) is 11.6. The third kappa shape index (κ3) is 4.09. The molecular weight excluding hydrogens is 296 g/mol. The first-order valence-electron chi connectivity index (χ1n) is 7.95. The smallest absolute Gasteiger partial charge is 0.175 e. The molecule has 1 heterocycles. The Morgan fingerprint density at radius 2 is 2.00 bits per heavy atom. The lowest BCUT2D eigenvalue weighted by Crippen LogP contribution is -2.36. The summed E-state index contributed by atoms with van der Waals surface area (Å²) in [5, 5.41) is 3.63. The van der Waals surface area contributed by atoms with Crippen molar-refractivity contribution >= 4 is 9.84 Å². The predicted octanol–water partition coefficient (Wildman–Crippen LogP) is 2.22. The van der Waals surface area contributed by atoms with Crippen molar-refractivity contribution in [2.75, 3.05) is 19.3 Å². The van der Waals surface area contributed by atoms with E-state index in [1.54, 1.807) is 6.07 Å². The fraction of sp³-hybridized carbons (Fsp3) is 0.647. The van der Waals surface area contributed by atoms with E-state index < -0.39 is 9.84 Å². The summed E-state index contributed by atoms with van der Waals surface area (Å²) >= 11 is 0. The molecule has 0 aliphatic carbocycles. The number of likely N-dealkylation sites (tertiary alicyclic amines) is 1. The van der Waals surface area contributed by atoms with E-state index in [0.717, 1.165) is 30.8 Å². The van der Waals surface area contributed by atoms with E-state index in [1.807, 2.05) is 19.1 Å². The van der Waals surface area contributed by atoms with E-state index in [4.69, 9.17) is 0 Å². The lowest BCUT2D eigenvalue weighted by Gasteiger charge is -2.20. The van der Waals surface area contributed by atoms with Crippen LogP contribution in [-0.2, 0) is 16.4 Å². The third-order valence-corrected chi connectivity index (χ3v) is 5.84. The lowest BCUT2D eigenvalue weighted by molar-refractivity contribution is 0.264. The van der Waals surface area contributed by atoms with Crippen LogP contribution >= 0.6 is 0 Å². The topological polar surface area (TPSA) is 49.4 Å². The van der Waals surface area contributed by atoms with Gasteiger partial charge in [-0.05, 0) is 43.9 Å². The highest BCUT2D eigenvalue weighted by molar-refractivity contribution is 7.90. The van der Waals surface area contributed by atoms with Crippen LogP contribution in [0.4, 0.5) is 0 Å². The molecule has 124 valence electrons. The van der Waals surface area contributed by atoms with Gasteiger partial charge >= 0.3 is 0 Å². The standard InChI is InChI=1S/C17H28N2O2S/c1-12(2)19-10-14(4)16(11-19)18-9-15-6-7-17(13(3)8-15)22(5,20)21/h6-8,12,14,16,18H,9-11H2,1-5H3/t14-,16+/m0/s1. The van der Waals surface area contributed by atoms with Crippen LogP contribution in [-0.4, -0.2) is 44.7 Å². The molecule has 0 unspecified atom stereocenters. The Morgan fingerprint density at radius 1 is 1.32 bits per heavy atom. The van der Waals surface area contributed by atoms with Gasteiger partial charge in [-0.1, -0.05) is 19.1 Å². The fourth-order valence-corrected chi connectivity index (χ4v) is 4.14. The molecule has 0 aromatic heterocycles. The SMILES string of the molecule is Cc1cc(CN[C@@H]2CN(C(C)C)C[C@@H]2C)ccc1S(C)(=O)=O. The second kappa shape index (κ2) is 6.69. The molecule has 4 nitrogen and oxygen atoms in total. The number of aryl methyl sites for hydroxylation is 1. The Labute approximate surface area is 134 Å². The van der Waals surface area contributed by atoms with Crippen LogP contribution in [0.2, 0.25) is 0 Å². The Balaban J connectivity index is 1.99. The Hall–Kier alpha value is -0.910. The number of hydrogen-bond acceptors (Lipinski definition) is 4. The summed E-state index contributed by atoms with van der Waals surface area (Å²) in [5.41, 5.74) is 1.96. The molecule has 22 heavy (non-hydrogen) atoms. The first-order chi connectivity index (χ1) is 10.2. The lowest BCUT2D eigenvalue weighted by atomic mass is 10.1. The zero-order valence-electron chi connectivity index (χ0n) is 14.3. The summed E-state index contributed by atoms with van der Waals surface area (Å²) in [4.78, 5) is 2.93. The van der Waals surface area contributed by atoms with E-state index >= 15 is 0 Å². The van der Waals surface area contributed by atoms with Crippen molar-refractivity contribution in [3.8, 4) is 0 Å². The molecule has 0 spiro atoms. The van der Waals surface area contributed by atoms with Gasteiger partial charge in [-0.15, -0.1) is 0 Å². The Kier molecular flexibility index (Phi) is 5.30. The second-order valence-corrected chi connectivity index (χ2v) is 8.87. The second-order valence-electron chi connectivity index (χ2n) is 6.88. The van der Waals surface area contributed by atoms with E-state index in [-0.39, 0.29) is 0 Å². The molecule has 1 aliphatic heterocycles. The molecule has 1 aromatic rings. The first kappa shape index (κ1) is 17.4. The van der Waals surface area contributed by atoms with E-state index in [1.165, 1.54) is 6.26 Å². The minimum Gasteiger partial charge on any atom is -0.308 e. The summed E-state index contributed by atoms with van der Waals surface area (Å²) in [7, 11) is -3.13. The number of nitrogens with zero attached hydrogens (tertiary/aromatic N) is 1. The van der Waals surface area contributed by atoms with Crippen LogP contribution in [0.3, 0.4) is 0 Å². The highest BCUT2D eigenvalue weighted by Gasteiger charge is 2.30. The van der Waals surface area contributed by atoms with Gasteiger partial charge in [-0.25, -0.2) is 8.42 Å². The van der Waals surface area contributed by atoms with Crippen LogP contribution in [0.15, 0.2) is 23.1 Å². The summed E-state index contributed by atoms with van der Waals surface area (Å²) in [6.07, 6.45) is 1.26. The molecule has 0 saturated carbocycles. The maximum absolute atomic E-state index is 11.7. The quantitative estimate of drug-likeness (QED) is 0.902. The van der Waals surface area contributed by atoms with Gasteiger partial charge in [0, 0.05) is 38.0 Å². The van der Waals surface area contributed by atoms with Crippen molar-refractivity contribution in [2.45, 2.75) is 51.2 Å². The highest BCUT2D eigenvalue weighted by atomic mass is 32.2. The molecule has 0 bridgehead atoms. The van der Waals surface area contributed by atoms with Gasteiger partial charge in [-0.3, -0.25) is 4.90 Å². The molecule has 1 fully saturated rings. The zero-order chi connectivity index (χ0) is 16.5. The van der Waals surface area contributed by atoms with Gasteiger partial charge in [0.15, 0.2) is 9.84 Å². The predicted molar refractivity (Wildman–Crippen MR) is 90.8 cm³/mol. The van der Waals surface area contributed by atoms with Gasteiger partial charge < -0.3 is 5.32 Å². The Bertz CT molecular complexity index is 626. The minimum absolute atomic E-state index is 0.427. The van der Waals surface area contributed by atoms with Crippen molar-refractivity contribution < 1.29 is 8.42 Å². The zero-order valence-corrected chi connectivity index (χ0v) is 15.1. The monoisotopic (exact) mass is 324 g/mol. The van der Waals surface area contributed by atoms with Crippen molar-refractivity contribution in [3.05, 3.63) is 29.3 Å². The van der Waals surface area contributed by atoms with E-state index in [2.05, 4.69) is 31.0 Å². The van der Waals surface area contributed by atoms with Crippen LogP contribution in [0.1, 0.15) is 31.9 Å². The number of nitrogens with one attached hydrogen (secondary N) is 1. The van der Waals surface area contributed by atoms with Gasteiger partial charge in [0.05, 0.1) is 4.90 Å². The Morgan fingerprint density at radius 3 is 2.50 bits per heavy atom. The summed E-state index contributed by atoms with van der Waals surface area (Å²) in [6, 6.07) is 6.70. The van der Waals surface area contributed by atoms with Gasteiger partial charge in [0.1, 0.15) is 0 Å². The molecule has 1 saturated heterocycles. The minimum atomic E-state index is -3.13. The van der Waals surface area contributed by atoms with Crippen LogP contribution < -0.4 is 5.32 Å². The average Bonchev–Trinajstić information content (AvgIpc) is 2.76. The van der Waals surface area contributed by atoms with E-state index in [9.17, 15) is 8.42 Å². The number of hydrogen-bond donors (Lipinski definition) is 1. The summed E-state index contributed by atoms with van der Waals surface area (Å²) in [5.74, 6) is 0.638. The molecule has 2 rings (SSSR count). The van der Waals surface area contributed by atoms with Crippen molar-refractivity contribution in [1.82, 2.24) is 10.2 Å². The molecule has 1 aliphatic rings. The number of rotatable bonds is 5. The molecule has 5 heteroatoms. The van der Waals surface area contributed by atoms with Gasteiger partial charge in [-0.2, -0.15) is 0 Å². The molecule has 1 N–H and O–H groups in total. The fourth-order valence-electron chi connectivity index (χ4n) is 3.18. The third-order valence-electron chi connectivity index (χ3n) is 4.58. The number of benzene rings is 1. The van der Waals surface area contributed by atoms with Gasteiger partial charge in [0.25, 0.3) is 0 Å². The average molecular weight is 324 g/mol. The molecular formula is C17H28N2O2S. The van der Waals surface area contributed by atoms with Crippen LogP contribution in [0.25, 0.3) is 0 Å². The highest BCUT2D eigenvalue weighted by Crippen LogP contribution is 2.20. The first-order valence-corrected chi connectivity index (χ1v) is 9.84. The normalized spacial score (nSPS) is 23.4. The van der Waals surface area contributed by atoms with Crippen molar-refractivity contribution in [2.24, 2.45) is 5.92 Å². The van der Waals surface area contributed by atoms with Crippen molar-refractivity contribution in [3.63, 3.8) is 0 Å². The number of sulfone groups is 1. The van der Waals surface area contributed by atoms with Gasteiger partial charge in [0.2, 0.25) is 0 Å². The largest absolute Gasteiger partial charge is 0.308 e. The molecule has 2 atom stereocenters. The maximum Gasteiger partial charge on any atom is 0.175 e. The van der Waals surface area contributed by atoms with Crippen LogP contribution in [0, 0.1) is 12.8 Å². The van der Waals surface area contributed by atoms with E-state index in [0.29, 0.717) is 22.9 Å². The molecule has 0 amide bonds. The molecule has 1 aromatic carbocycles. The summed E-state index contributed by atoms with van der Waals surface area (Å²) < 4.78 is 23.3. The maximum atomic E-state index is 11.7.